The number of anilines is 1. The molecule has 0 radical (unpaired) electrons. The smallest absolute Gasteiger partial charge is 0.323 e. The molecule has 2 aromatic rings. The Morgan fingerprint density at radius 1 is 1.42 bits per heavy atom. The lowest BCUT2D eigenvalue weighted by atomic mass is 9.97. The highest BCUT2D eigenvalue weighted by Gasteiger charge is 2.31. The second kappa shape index (κ2) is 9.87. The molecule has 0 spiro atoms. The average Bonchev–Trinajstić information content (AvgIpc) is 3.37. The Morgan fingerprint density at radius 3 is 2.84 bits per heavy atom. The lowest BCUT2D eigenvalue weighted by Gasteiger charge is -2.24. The van der Waals surface area contributed by atoms with Crippen LogP contribution in [0.15, 0.2) is 33.1 Å². The number of aromatic nitrogens is 1. The fourth-order valence-electron chi connectivity index (χ4n) is 3.42. The van der Waals surface area contributed by atoms with Crippen LogP contribution in [0.4, 0.5) is 14.3 Å². The maximum Gasteiger partial charge on any atom is 0.323 e. The van der Waals surface area contributed by atoms with Gasteiger partial charge in [-0.2, -0.15) is 0 Å². The highest BCUT2D eigenvalue weighted by atomic mass is 79.9. The van der Waals surface area contributed by atoms with Gasteiger partial charge in [-0.15, -0.1) is 11.8 Å². The number of benzene rings is 1. The highest BCUT2D eigenvalue weighted by Crippen LogP contribution is 2.38. The zero-order valence-corrected chi connectivity index (χ0v) is 20.7. The zero-order valence-electron chi connectivity index (χ0n) is 17.5. The average molecular weight is 530 g/mol. The van der Waals surface area contributed by atoms with E-state index in [1.54, 1.807) is 44.1 Å². The fourth-order valence-corrected chi connectivity index (χ4v) is 5.61. The molecule has 2 atom stereocenters. The molecule has 1 heterocycles. The molecule has 0 aliphatic heterocycles. The molecule has 1 aromatic carbocycles. The number of carboxylic acids is 1. The third-order valence-electron chi connectivity index (χ3n) is 5.54. The maximum atomic E-state index is 13.9. The minimum Gasteiger partial charge on any atom is -0.481 e. The molecular formula is C21H25BrFN3O3S2. The Bertz CT molecular complexity index is 969. The van der Waals surface area contributed by atoms with Crippen molar-refractivity contribution >= 4 is 56.2 Å². The Morgan fingerprint density at radius 2 is 2.16 bits per heavy atom. The lowest BCUT2D eigenvalue weighted by Crippen LogP contribution is -2.38. The molecule has 0 bridgehead atoms. The van der Waals surface area contributed by atoms with Crippen LogP contribution in [-0.2, 0) is 4.79 Å². The number of nitrogens with one attached hydrogen (secondary N) is 1. The first-order valence-corrected chi connectivity index (χ1v) is 12.5. The van der Waals surface area contributed by atoms with Crippen LogP contribution in [0.2, 0.25) is 0 Å². The minimum absolute atomic E-state index is 0.0712. The van der Waals surface area contributed by atoms with Crippen molar-refractivity contribution in [3.8, 4) is 0 Å². The largest absolute Gasteiger partial charge is 0.481 e. The number of nitrogens with zero attached hydrogens (tertiary/aromatic N) is 2. The molecule has 31 heavy (non-hydrogen) atoms. The molecule has 1 aliphatic rings. The van der Waals surface area contributed by atoms with Crippen LogP contribution in [0.5, 0.6) is 0 Å². The summed E-state index contributed by atoms with van der Waals surface area (Å²) in [4.78, 5) is 29.8. The second-order valence-electron chi connectivity index (χ2n) is 8.34. The van der Waals surface area contributed by atoms with E-state index in [0.717, 1.165) is 29.0 Å². The van der Waals surface area contributed by atoms with Gasteiger partial charge in [-0.05, 0) is 72.7 Å². The first kappa shape index (κ1) is 24.0. The van der Waals surface area contributed by atoms with Gasteiger partial charge in [-0.3, -0.25) is 10.1 Å². The van der Waals surface area contributed by atoms with E-state index in [2.05, 4.69) is 26.2 Å². The molecule has 1 aliphatic carbocycles. The standard InChI is InChI=1S/C21H25BrFN3O3S2/c1-21(2,18(27)28)11-30-17-10-24-19(31-17)25-20(29)26(3)14-6-4-12(8-14)13-5-7-15(22)16(23)9-13/h5,7,9-10,12,14H,4,6,8,11H2,1-3H3,(H,27,28)(H,24,25,29). The van der Waals surface area contributed by atoms with E-state index in [-0.39, 0.29) is 23.8 Å². The van der Waals surface area contributed by atoms with E-state index in [1.807, 2.05) is 6.07 Å². The molecule has 168 valence electrons. The summed E-state index contributed by atoms with van der Waals surface area (Å²) in [5, 5.41) is 12.5. The monoisotopic (exact) mass is 529 g/mol. The number of carboxylic acid groups (broad SMARTS) is 1. The molecule has 1 saturated carbocycles. The van der Waals surface area contributed by atoms with Gasteiger partial charge in [0.15, 0.2) is 5.13 Å². The van der Waals surface area contributed by atoms with Gasteiger partial charge in [0, 0.05) is 18.8 Å². The van der Waals surface area contributed by atoms with Crippen LogP contribution in [0.3, 0.4) is 0 Å². The lowest BCUT2D eigenvalue weighted by molar-refractivity contribution is -0.145. The highest BCUT2D eigenvalue weighted by molar-refractivity contribution is 9.10. The van der Waals surface area contributed by atoms with E-state index < -0.39 is 11.4 Å². The molecule has 2 unspecified atom stereocenters. The zero-order chi connectivity index (χ0) is 22.8. The van der Waals surface area contributed by atoms with Gasteiger partial charge in [0.05, 0.1) is 20.3 Å². The topological polar surface area (TPSA) is 82.5 Å². The fraction of sp³-hybridized carbons (Fsp3) is 0.476. The summed E-state index contributed by atoms with van der Waals surface area (Å²) in [7, 11) is 1.77. The first-order valence-electron chi connectivity index (χ1n) is 9.87. The normalized spacial score (nSPS) is 18.7. The van der Waals surface area contributed by atoms with Crippen molar-refractivity contribution in [1.29, 1.82) is 0 Å². The van der Waals surface area contributed by atoms with Crippen LogP contribution in [0.1, 0.15) is 44.6 Å². The number of thiazole rings is 1. The number of thioether (sulfide) groups is 1. The number of hydrogen-bond donors (Lipinski definition) is 2. The van der Waals surface area contributed by atoms with Crippen molar-refractivity contribution in [1.82, 2.24) is 9.88 Å². The quantitative estimate of drug-likeness (QED) is 0.426. The van der Waals surface area contributed by atoms with E-state index in [0.29, 0.717) is 15.4 Å². The summed E-state index contributed by atoms with van der Waals surface area (Å²) in [6.45, 7) is 3.36. The van der Waals surface area contributed by atoms with Gasteiger partial charge in [0.25, 0.3) is 0 Å². The van der Waals surface area contributed by atoms with Gasteiger partial charge >= 0.3 is 12.0 Å². The predicted molar refractivity (Wildman–Crippen MR) is 126 cm³/mol. The molecular weight excluding hydrogens is 505 g/mol. The van der Waals surface area contributed by atoms with Crippen LogP contribution in [0, 0.1) is 11.2 Å². The summed E-state index contributed by atoms with van der Waals surface area (Å²) < 4.78 is 15.2. The summed E-state index contributed by atoms with van der Waals surface area (Å²) in [5.74, 6) is -0.474. The first-order chi connectivity index (χ1) is 14.6. The minimum atomic E-state index is -0.847. The molecule has 1 aromatic heterocycles. The van der Waals surface area contributed by atoms with Crippen molar-refractivity contribution in [2.75, 3.05) is 18.1 Å². The molecule has 2 N–H and O–H groups in total. The van der Waals surface area contributed by atoms with Gasteiger partial charge in [0.2, 0.25) is 0 Å². The number of carbonyl (C=O) groups excluding carboxylic acids is 1. The van der Waals surface area contributed by atoms with Gasteiger partial charge in [0.1, 0.15) is 5.82 Å². The van der Waals surface area contributed by atoms with E-state index in [9.17, 15) is 19.1 Å². The maximum absolute atomic E-state index is 13.9. The SMILES string of the molecule is CN(C(=O)Nc1ncc(SCC(C)(C)C(=O)O)s1)C1CCC(c2ccc(Br)c(F)c2)C1. The van der Waals surface area contributed by atoms with Crippen molar-refractivity contribution in [2.45, 2.75) is 49.3 Å². The van der Waals surface area contributed by atoms with Gasteiger partial charge in [-0.25, -0.2) is 14.2 Å². The Balaban J connectivity index is 1.53. The van der Waals surface area contributed by atoms with E-state index >= 15 is 0 Å². The summed E-state index contributed by atoms with van der Waals surface area (Å²) >= 11 is 5.92. The molecule has 6 nitrogen and oxygen atoms in total. The number of rotatable bonds is 7. The Kier molecular flexibility index (Phi) is 7.64. The molecule has 10 heteroatoms. The molecule has 1 fully saturated rings. The number of hydrogen-bond acceptors (Lipinski definition) is 5. The molecule has 3 rings (SSSR count). The van der Waals surface area contributed by atoms with Crippen molar-refractivity contribution < 1.29 is 19.1 Å². The number of carbonyl (C=O) groups is 2. The van der Waals surface area contributed by atoms with E-state index in [4.69, 9.17) is 0 Å². The van der Waals surface area contributed by atoms with Crippen molar-refractivity contribution in [2.24, 2.45) is 5.41 Å². The number of halogens is 2. The number of aliphatic carboxylic acids is 1. The predicted octanol–water partition coefficient (Wildman–Crippen LogP) is 6.05. The summed E-state index contributed by atoms with van der Waals surface area (Å²) in [6.07, 6.45) is 4.20. The third kappa shape index (κ3) is 5.98. The number of amides is 2. The second-order valence-corrected chi connectivity index (χ2v) is 11.5. The van der Waals surface area contributed by atoms with Crippen LogP contribution >= 0.6 is 39.0 Å². The van der Waals surface area contributed by atoms with Gasteiger partial charge < -0.3 is 10.0 Å². The van der Waals surface area contributed by atoms with E-state index in [1.165, 1.54) is 23.1 Å². The molecule has 0 saturated heterocycles. The summed E-state index contributed by atoms with van der Waals surface area (Å²) in [6, 6.07) is 5.06. The summed E-state index contributed by atoms with van der Waals surface area (Å²) in [5.41, 5.74) is 0.123. The van der Waals surface area contributed by atoms with Crippen LogP contribution in [0.25, 0.3) is 0 Å². The Labute approximate surface area is 197 Å². The number of urea groups is 1. The van der Waals surface area contributed by atoms with Crippen LogP contribution in [-0.4, -0.2) is 45.8 Å². The molecule has 2 amide bonds. The Hall–Kier alpha value is -1.65. The van der Waals surface area contributed by atoms with Crippen LogP contribution < -0.4 is 5.32 Å². The van der Waals surface area contributed by atoms with Crippen molar-refractivity contribution in [3.63, 3.8) is 0 Å². The van der Waals surface area contributed by atoms with Crippen molar-refractivity contribution in [3.05, 3.63) is 40.2 Å². The third-order valence-corrected chi connectivity index (χ3v) is 8.75. The van der Waals surface area contributed by atoms with Gasteiger partial charge in [-0.1, -0.05) is 17.4 Å².